The largest absolute Gasteiger partial charge is 0.477 e. The molecular weight excluding hydrogens is 522 g/mol. The molecule has 0 aliphatic carbocycles. The quantitative estimate of drug-likeness (QED) is 0.0847. The highest BCUT2D eigenvalue weighted by Gasteiger charge is 2.55. The molecule has 0 bridgehead atoms. The lowest BCUT2D eigenvalue weighted by Gasteiger charge is -2.49. The topological polar surface area (TPSA) is 199 Å². The third-order valence-electron chi connectivity index (χ3n) is 6.86. The van der Waals surface area contributed by atoms with E-state index in [0.717, 1.165) is 30.8 Å². The SMILES string of the molecule is Nc1nc(C(=NO)C(=O)N[C@@H]2C(=O)N3C(C(=O)O)=C(C(CC4CCNC4)=C4CCNC4=O)CS[C@H]23)cs1. The number of amides is 3. The van der Waals surface area contributed by atoms with Crippen LogP contribution in [0.1, 0.15) is 25.0 Å². The average molecular weight is 548 g/mol. The third-order valence-corrected chi connectivity index (χ3v) is 8.81. The van der Waals surface area contributed by atoms with E-state index in [4.69, 9.17) is 5.73 Å². The van der Waals surface area contributed by atoms with Crippen LogP contribution < -0.4 is 21.7 Å². The summed E-state index contributed by atoms with van der Waals surface area (Å²) >= 11 is 2.37. The summed E-state index contributed by atoms with van der Waals surface area (Å²) in [6.07, 6.45) is 1.96. The fourth-order valence-electron chi connectivity index (χ4n) is 5.08. The molecule has 196 valence electrons. The van der Waals surface area contributed by atoms with Gasteiger partial charge >= 0.3 is 5.97 Å². The minimum atomic E-state index is -1.27. The first-order chi connectivity index (χ1) is 17.8. The number of thiazole rings is 1. The average Bonchev–Trinajstić information content (AvgIpc) is 3.64. The molecule has 7 N–H and O–H groups in total. The molecular formula is C22H25N7O6S2. The van der Waals surface area contributed by atoms with Gasteiger partial charge in [-0.15, -0.1) is 23.1 Å². The molecule has 5 heterocycles. The molecule has 37 heavy (non-hydrogen) atoms. The molecule has 3 fully saturated rings. The van der Waals surface area contributed by atoms with E-state index in [1.54, 1.807) is 0 Å². The minimum absolute atomic E-state index is 0.0587. The number of thioether (sulfide) groups is 1. The Kier molecular flexibility index (Phi) is 6.92. The number of oxime groups is 1. The lowest BCUT2D eigenvalue weighted by Crippen LogP contribution is -2.71. The number of carboxylic acid groups (broad SMARTS) is 1. The van der Waals surface area contributed by atoms with E-state index in [0.29, 0.717) is 36.1 Å². The van der Waals surface area contributed by atoms with Crippen molar-refractivity contribution in [2.24, 2.45) is 11.1 Å². The Balaban J connectivity index is 1.42. The number of β-lactam (4-membered cyclic amide) rings is 1. The number of carbonyl (C=O) groups is 4. The van der Waals surface area contributed by atoms with Crippen molar-refractivity contribution in [3.8, 4) is 0 Å². The zero-order valence-corrected chi connectivity index (χ0v) is 21.2. The van der Waals surface area contributed by atoms with Crippen molar-refractivity contribution in [2.75, 3.05) is 31.1 Å². The number of carbonyl (C=O) groups excluding carboxylic acids is 3. The van der Waals surface area contributed by atoms with Gasteiger partial charge in [-0.1, -0.05) is 5.16 Å². The molecule has 3 saturated heterocycles. The summed E-state index contributed by atoms with van der Waals surface area (Å²) in [6, 6.07) is -1.02. The molecule has 0 radical (unpaired) electrons. The first kappa shape index (κ1) is 25.2. The van der Waals surface area contributed by atoms with E-state index in [1.165, 1.54) is 22.0 Å². The van der Waals surface area contributed by atoms with Crippen LogP contribution >= 0.6 is 23.1 Å². The van der Waals surface area contributed by atoms with Crippen molar-refractivity contribution in [2.45, 2.75) is 30.7 Å². The standard InChI is InChI=1S/C22H25N7O6S2/c23-22-26-13(8-37-22)14(28-35)18(31)27-15-19(32)29-16(21(33)34)12(7-36-20(15)29)11(5-9-1-3-24-6-9)10-2-4-25-17(10)30/h8-9,15,20,24,35H,1-7H2,(H2,23,26)(H,25,30)(H,27,31)(H,33,34)/t9?,15-,20-/m1/s1. The van der Waals surface area contributed by atoms with E-state index >= 15 is 0 Å². The molecule has 3 atom stereocenters. The Hall–Kier alpha value is -3.43. The number of hydrogen-bond acceptors (Lipinski definition) is 11. The molecule has 0 spiro atoms. The monoisotopic (exact) mass is 547 g/mol. The van der Waals surface area contributed by atoms with Gasteiger partial charge in [0.1, 0.15) is 22.8 Å². The van der Waals surface area contributed by atoms with Gasteiger partial charge in [-0.3, -0.25) is 19.3 Å². The fourth-order valence-corrected chi connectivity index (χ4v) is 7.02. The summed E-state index contributed by atoms with van der Waals surface area (Å²) in [7, 11) is 0. The Morgan fingerprint density at radius 3 is 2.73 bits per heavy atom. The van der Waals surface area contributed by atoms with Gasteiger partial charge in [0, 0.05) is 23.3 Å². The van der Waals surface area contributed by atoms with Crippen LogP contribution in [0.4, 0.5) is 5.13 Å². The van der Waals surface area contributed by atoms with Gasteiger partial charge in [0.25, 0.3) is 11.8 Å². The van der Waals surface area contributed by atoms with Gasteiger partial charge in [-0.05, 0) is 49.4 Å². The van der Waals surface area contributed by atoms with Crippen LogP contribution in [0.25, 0.3) is 0 Å². The number of nitrogens with zero attached hydrogens (tertiary/aromatic N) is 3. The predicted molar refractivity (Wildman–Crippen MR) is 135 cm³/mol. The molecule has 13 nitrogen and oxygen atoms in total. The number of aromatic nitrogens is 1. The second-order valence-electron chi connectivity index (χ2n) is 9.04. The number of fused-ring (bicyclic) bond motifs is 1. The van der Waals surface area contributed by atoms with Gasteiger partial charge in [-0.2, -0.15) is 0 Å². The smallest absolute Gasteiger partial charge is 0.352 e. The maximum absolute atomic E-state index is 13.2. The minimum Gasteiger partial charge on any atom is -0.477 e. The number of carboxylic acids is 1. The molecule has 5 rings (SSSR count). The maximum Gasteiger partial charge on any atom is 0.352 e. The van der Waals surface area contributed by atoms with E-state index in [1.807, 2.05) is 0 Å². The van der Waals surface area contributed by atoms with E-state index < -0.39 is 34.9 Å². The molecule has 4 aliphatic heterocycles. The number of anilines is 1. The molecule has 4 aliphatic rings. The first-order valence-corrected chi connectivity index (χ1v) is 13.6. The second-order valence-corrected chi connectivity index (χ2v) is 11.0. The number of hydrogen-bond donors (Lipinski definition) is 6. The Bertz CT molecular complexity index is 1270. The van der Waals surface area contributed by atoms with Gasteiger partial charge in [0.2, 0.25) is 5.91 Å². The van der Waals surface area contributed by atoms with E-state index in [9.17, 15) is 29.5 Å². The highest BCUT2D eigenvalue weighted by Crippen LogP contribution is 2.44. The van der Waals surface area contributed by atoms with Crippen LogP contribution in [0.5, 0.6) is 0 Å². The van der Waals surface area contributed by atoms with Crippen LogP contribution in [0, 0.1) is 5.92 Å². The second kappa shape index (κ2) is 10.1. The molecule has 0 saturated carbocycles. The number of nitrogens with one attached hydrogen (secondary N) is 3. The van der Waals surface area contributed by atoms with Gasteiger partial charge in [0.05, 0.1) is 0 Å². The van der Waals surface area contributed by atoms with Crippen molar-refractivity contribution in [1.29, 1.82) is 0 Å². The summed E-state index contributed by atoms with van der Waals surface area (Å²) in [4.78, 5) is 56.0. The summed E-state index contributed by atoms with van der Waals surface area (Å²) in [5.74, 6) is -2.39. The number of nitrogen functional groups attached to an aromatic ring is 1. The molecule has 1 aromatic rings. The van der Waals surface area contributed by atoms with Crippen LogP contribution in [0.2, 0.25) is 0 Å². The van der Waals surface area contributed by atoms with E-state index in [2.05, 4.69) is 26.1 Å². The Labute approximate surface area is 219 Å². The fraction of sp³-hybridized carbons (Fsp3) is 0.455. The lowest BCUT2D eigenvalue weighted by molar-refractivity contribution is -0.150. The van der Waals surface area contributed by atoms with Crippen molar-refractivity contribution in [3.63, 3.8) is 0 Å². The zero-order valence-electron chi connectivity index (χ0n) is 19.5. The van der Waals surface area contributed by atoms with Crippen molar-refractivity contribution in [1.82, 2.24) is 25.8 Å². The predicted octanol–water partition coefficient (Wildman–Crippen LogP) is -0.542. The molecule has 1 unspecified atom stereocenters. The molecule has 1 aromatic heterocycles. The maximum atomic E-state index is 13.2. The van der Waals surface area contributed by atoms with Crippen LogP contribution in [-0.4, -0.2) is 86.4 Å². The Morgan fingerprint density at radius 2 is 2.14 bits per heavy atom. The number of nitrogens with two attached hydrogens (primary N) is 1. The van der Waals surface area contributed by atoms with Crippen LogP contribution in [0.3, 0.4) is 0 Å². The normalized spacial score (nSPS) is 27.1. The summed E-state index contributed by atoms with van der Waals surface area (Å²) in [5.41, 5.74) is 6.83. The summed E-state index contributed by atoms with van der Waals surface area (Å²) in [5, 5.41) is 32.1. The van der Waals surface area contributed by atoms with Crippen LogP contribution in [-0.2, 0) is 19.2 Å². The lowest BCUT2D eigenvalue weighted by atomic mass is 9.87. The molecule has 15 heteroatoms. The number of rotatable bonds is 7. The van der Waals surface area contributed by atoms with E-state index in [-0.39, 0.29) is 34.1 Å². The Morgan fingerprint density at radius 1 is 1.32 bits per heavy atom. The highest BCUT2D eigenvalue weighted by molar-refractivity contribution is 8.00. The van der Waals surface area contributed by atoms with Crippen molar-refractivity contribution < 1.29 is 29.5 Å². The summed E-state index contributed by atoms with van der Waals surface area (Å²) < 4.78 is 0. The summed E-state index contributed by atoms with van der Waals surface area (Å²) in [6.45, 7) is 2.13. The van der Waals surface area contributed by atoms with Gasteiger partial charge in [-0.25, -0.2) is 9.78 Å². The van der Waals surface area contributed by atoms with Crippen molar-refractivity contribution >= 4 is 57.6 Å². The first-order valence-electron chi connectivity index (χ1n) is 11.7. The van der Waals surface area contributed by atoms with Crippen LogP contribution in [0.15, 0.2) is 33.0 Å². The number of aliphatic carboxylic acids is 1. The molecule has 3 amide bonds. The third kappa shape index (κ3) is 4.57. The zero-order chi connectivity index (χ0) is 26.3. The van der Waals surface area contributed by atoms with Gasteiger partial charge < -0.3 is 32.0 Å². The molecule has 0 aromatic carbocycles. The van der Waals surface area contributed by atoms with Gasteiger partial charge in [0.15, 0.2) is 10.8 Å². The highest BCUT2D eigenvalue weighted by atomic mass is 32.2. The number of allylic oxidation sites excluding steroid dienone is 1. The van der Waals surface area contributed by atoms with Crippen molar-refractivity contribution in [3.05, 3.63) is 33.5 Å².